The molecule has 6 N–H and O–H groups in total. The molecule has 21 heteroatoms. The minimum absolute atomic E-state index is 0.0217. The lowest BCUT2D eigenvalue weighted by molar-refractivity contribution is 0.100. The molecule has 0 aliphatic rings. The number of unbranched alkanes of at least 4 members (excludes halogenated alkanes) is 6. The minimum Gasteiger partial charge on any atom is -0.507 e. The lowest BCUT2D eigenvalue weighted by Crippen LogP contribution is -2.19. The number of H-pyrrole nitrogens is 3. The molecule has 0 radical (unpaired) electrons. The lowest BCUT2D eigenvalue weighted by Gasteiger charge is -2.20. The topological polar surface area (TPSA) is 303 Å². The van der Waals surface area contributed by atoms with E-state index < -0.39 is 0 Å². The van der Waals surface area contributed by atoms with Crippen LogP contribution in [0.3, 0.4) is 0 Å². The average Bonchev–Trinajstić information content (AvgIpc) is 4.24. The zero-order valence-corrected chi connectivity index (χ0v) is 48.0. The molecule has 78 heavy (non-hydrogen) atoms. The van der Waals surface area contributed by atoms with Gasteiger partial charge in [0.1, 0.15) is 34.5 Å². The van der Waals surface area contributed by atoms with Crippen LogP contribution < -0.4 is 14.2 Å². The summed E-state index contributed by atoms with van der Waals surface area (Å²) in [4.78, 5) is 34.6. The number of phenolic OH excluding ortho intramolecular Hbond substituents is 3. The van der Waals surface area contributed by atoms with Crippen molar-refractivity contribution in [3.05, 3.63) is 87.3 Å². The summed E-state index contributed by atoms with van der Waals surface area (Å²) in [6, 6.07) is 9.82. The average molecular weight is 1080 g/mol. The maximum absolute atomic E-state index is 11.5. The van der Waals surface area contributed by atoms with E-state index in [0.717, 1.165) is 130 Å². The molecule has 0 saturated carbocycles. The Morgan fingerprint density at radius 1 is 0.423 bits per heavy atom. The third kappa shape index (κ3) is 19.3. The van der Waals surface area contributed by atoms with Crippen LogP contribution in [0.25, 0.3) is 0 Å². The molecule has 21 nitrogen and oxygen atoms in total. The number of carbonyl (C=O) groups is 3. The smallest absolute Gasteiger partial charge is 0.180 e. The highest BCUT2D eigenvalue weighted by molar-refractivity contribution is 5.98. The van der Waals surface area contributed by atoms with Gasteiger partial charge in [0, 0.05) is 34.4 Å². The van der Waals surface area contributed by atoms with Gasteiger partial charge in [-0.05, 0) is 113 Å². The number of nitrogens with one attached hydrogen (secondary N) is 3. The van der Waals surface area contributed by atoms with Crippen molar-refractivity contribution in [2.75, 3.05) is 19.8 Å². The first-order valence-corrected chi connectivity index (χ1v) is 27.3. The van der Waals surface area contributed by atoms with E-state index in [1.807, 2.05) is 20.8 Å². The van der Waals surface area contributed by atoms with Gasteiger partial charge in [-0.3, -0.25) is 14.4 Å². The molecule has 6 aromatic rings. The summed E-state index contributed by atoms with van der Waals surface area (Å²) in [7, 11) is 0. The Hall–Kier alpha value is -7.32. The highest BCUT2D eigenvalue weighted by Gasteiger charge is 2.27. The fourth-order valence-corrected chi connectivity index (χ4v) is 8.68. The van der Waals surface area contributed by atoms with Crippen LogP contribution in [0.15, 0.2) is 36.4 Å². The molecular formula is C57H84N12O9. The second-order valence-electron chi connectivity index (χ2n) is 21.5. The number of nitrogens with zero attached hydrogens (tertiary/aromatic N) is 9. The van der Waals surface area contributed by atoms with Gasteiger partial charge < -0.3 is 29.5 Å². The monoisotopic (exact) mass is 1080 g/mol. The number of aromatic hydroxyl groups is 3. The first kappa shape index (κ1) is 63.2. The van der Waals surface area contributed by atoms with Gasteiger partial charge >= 0.3 is 0 Å². The summed E-state index contributed by atoms with van der Waals surface area (Å²) in [5, 5.41) is 72.7. The van der Waals surface area contributed by atoms with Gasteiger partial charge in [0.25, 0.3) is 0 Å². The Labute approximate surface area is 458 Å². The highest BCUT2D eigenvalue weighted by atomic mass is 16.5. The van der Waals surface area contributed by atoms with Gasteiger partial charge in [-0.15, -0.1) is 30.6 Å². The first-order chi connectivity index (χ1) is 37.0. The van der Waals surface area contributed by atoms with E-state index in [-0.39, 0.29) is 50.8 Å². The minimum atomic E-state index is -0.145. The van der Waals surface area contributed by atoms with Gasteiger partial charge in [-0.25, -0.2) is 0 Å². The molecule has 0 spiro atoms. The number of hydrogen-bond acceptors (Lipinski definition) is 18. The Morgan fingerprint density at radius 3 is 0.885 bits per heavy atom. The van der Waals surface area contributed by atoms with E-state index >= 15 is 0 Å². The molecule has 0 aliphatic carbocycles. The molecule has 0 unspecified atom stereocenters. The number of aryl methyl sites for hydroxylation is 3. The van der Waals surface area contributed by atoms with Crippen molar-refractivity contribution in [1.29, 1.82) is 0 Å². The Bertz CT molecular complexity index is 2480. The van der Waals surface area contributed by atoms with E-state index in [9.17, 15) is 29.7 Å². The number of rotatable bonds is 30. The van der Waals surface area contributed by atoms with Crippen molar-refractivity contribution in [2.24, 2.45) is 0 Å². The van der Waals surface area contributed by atoms with Gasteiger partial charge in [-0.2, -0.15) is 15.6 Å². The summed E-state index contributed by atoms with van der Waals surface area (Å²) in [5.74, 6) is 3.68. The number of benzene rings is 3. The molecule has 0 atom stereocenters. The molecule has 0 saturated heterocycles. The van der Waals surface area contributed by atoms with E-state index in [0.29, 0.717) is 53.8 Å². The second-order valence-corrected chi connectivity index (χ2v) is 21.5. The van der Waals surface area contributed by atoms with Gasteiger partial charge in [0.2, 0.25) is 0 Å². The third-order valence-corrected chi connectivity index (χ3v) is 13.8. The van der Waals surface area contributed by atoms with Crippen molar-refractivity contribution in [3.8, 4) is 34.5 Å². The van der Waals surface area contributed by atoms with Crippen molar-refractivity contribution in [1.82, 2.24) is 61.9 Å². The lowest BCUT2D eigenvalue weighted by atomic mass is 9.86. The molecule has 3 aromatic heterocycles. The number of ketones is 3. The van der Waals surface area contributed by atoms with E-state index in [1.165, 1.54) is 20.8 Å². The van der Waals surface area contributed by atoms with Gasteiger partial charge in [-0.1, -0.05) is 116 Å². The van der Waals surface area contributed by atoms with Crippen LogP contribution in [0.5, 0.6) is 34.5 Å². The largest absolute Gasteiger partial charge is 0.507 e. The summed E-state index contributed by atoms with van der Waals surface area (Å²) in [6.07, 6.45) is 14.1. The van der Waals surface area contributed by atoms with Crippen LogP contribution in [-0.4, -0.2) is 114 Å². The normalized spacial score (nSPS) is 11.5. The summed E-state index contributed by atoms with van der Waals surface area (Å²) < 4.78 is 17.5. The van der Waals surface area contributed by atoms with Crippen molar-refractivity contribution in [2.45, 2.75) is 196 Å². The number of carbonyl (C=O) groups excluding carboxylic acids is 3. The predicted molar refractivity (Wildman–Crippen MR) is 296 cm³/mol. The molecule has 0 fully saturated rings. The molecule has 3 aromatic carbocycles. The van der Waals surface area contributed by atoms with Crippen LogP contribution >= 0.6 is 0 Å². The van der Waals surface area contributed by atoms with Crippen LogP contribution in [0.1, 0.15) is 225 Å². The van der Waals surface area contributed by atoms with Gasteiger partial charge in [0.05, 0.1) is 36.5 Å². The maximum atomic E-state index is 11.5. The predicted octanol–water partition coefficient (Wildman–Crippen LogP) is 10.8. The molecule has 0 bridgehead atoms. The fraction of sp³-hybridized carbons (Fsp3) is 0.579. The molecule has 0 amide bonds. The SMILES string of the molecule is CCc1cc(C(C)=O)c(O)cc1OCCCCCC(C)(C)c1nn[nH]n1.CCc1cc(C(C)=O)c(O)cc1OCCCCCC(C)(C)c1nn[nH]n1.CCc1cc(C(C)=O)c(O)cc1OCCCCCC(C)(C)c1nn[nH]n1. The van der Waals surface area contributed by atoms with E-state index in [4.69, 9.17) is 14.2 Å². The maximum Gasteiger partial charge on any atom is 0.180 e. The molecule has 426 valence electrons. The zero-order valence-electron chi connectivity index (χ0n) is 48.0. The van der Waals surface area contributed by atoms with Gasteiger partial charge in [0.15, 0.2) is 34.8 Å². The van der Waals surface area contributed by atoms with E-state index in [1.54, 1.807) is 36.4 Å². The van der Waals surface area contributed by atoms with Crippen LogP contribution in [-0.2, 0) is 35.5 Å². The second kappa shape index (κ2) is 30.6. The van der Waals surface area contributed by atoms with Crippen molar-refractivity contribution >= 4 is 17.3 Å². The number of aromatic amines is 3. The standard InChI is InChI=1S/3C19H28N4O3/c3*1-5-14-11-15(13(2)24)16(25)12-17(14)26-10-8-6-7-9-19(3,4)18-20-22-23-21-18/h3*11-12,25H,5-10H2,1-4H3,(H,20,21,22,23). The van der Waals surface area contributed by atoms with Crippen LogP contribution in [0.4, 0.5) is 0 Å². The first-order valence-electron chi connectivity index (χ1n) is 27.3. The number of hydrogen-bond donors (Lipinski definition) is 6. The molecule has 6 rings (SSSR count). The Kier molecular flexibility index (Phi) is 24.8. The number of ether oxygens (including phenoxy) is 3. The molecule has 0 aliphatic heterocycles. The quantitative estimate of drug-likeness (QED) is 0.0180. The number of phenols is 3. The summed E-state index contributed by atoms with van der Waals surface area (Å²) in [6.45, 7) is 24.8. The summed E-state index contributed by atoms with van der Waals surface area (Å²) in [5.41, 5.74) is 3.55. The van der Waals surface area contributed by atoms with Crippen LogP contribution in [0, 0.1) is 0 Å². The number of tetrazole rings is 3. The Morgan fingerprint density at radius 2 is 0.679 bits per heavy atom. The number of aromatic nitrogens is 12. The zero-order chi connectivity index (χ0) is 57.5. The summed E-state index contributed by atoms with van der Waals surface area (Å²) >= 11 is 0. The van der Waals surface area contributed by atoms with Crippen molar-refractivity contribution in [3.63, 3.8) is 0 Å². The fourth-order valence-electron chi connectivity index (χ4n) is 8.68. The highest BCUT2D eigenvalue weighted by Crippen LogP contribution is 2.33. The van der Waals surface area contributed by atoms with E-state index in [2.05, 4.69) is 103 Å². The van der Waals surface area contributed by atoms with Crippen LogP contribution in [0.2, 0.25) is 0 Å². The third-order valence-electron chi connectivity index (χ3n) is 13.8. The molecule has 3 heterocycles. The molecular weight excluding hydrogens is 997 g/mol. The van der Waals surface area contributed by atoms with Crippen molar-refractivity contribution < 1.29 is 43.9 Å². The Balaban J connectivity index is 0.000000252. The number of Topliss-reactive ketones (excluding diaryl/α,β-unsaturated/α-hetero) is 3.